The molecule has 1 aromatic heterocycles. The average Bonchev–Trinajstić information content (AvgIpc) is 2.33. The summed E-state index contributed by atoms with van der Waals surface area (Å²) in [5, 5.41) is 7.61. The predicted molar refractivity (Wildman–Crippen MR) is 78.7 cm³/mol. The van der Waals surface area contributed by atoms with Gasteiger partial charge in [0.1, 0.15) is 11.5 Å². The Morgan fingerprint density at radius 3 is 2.42 bits per heavy atom. The number of nitrogens with one attached hydrogen (secondary N) is 1. The third-order valence-corrected chi connectivity index (χ3v) is 2.64. The summed E-state index contributed by atoms with van der Waals surface area (Å²) in [6.45, 7) is 6.94. The Labute approximate surface area is 115 Å². The number of likely N-dealkylation sites (N-methyl/N-ethyl adjacent to an activating group) is 1. The molecule has 0 atom stereocenters. The van der Waals surface area contributed by atoms with Crippen molar-refractivity contribution in [2.24, 2.45) is 11.7 Å². The fourth-order valence-electron chi connectivity index (χ4n) is 1.80. The zero-order valence-corrected chi connectivity index (χ0v) is 12.2. The van der Waals surface area contributed by atoms with Gasteiger partial charge in [-0.1, -0.05) is 13.8 Å². The summed E-state index contributed by atoms with van der Waals surface area (Å²) in [6, 6.07) is 0. The Kier molecular flexibility index (Phi) is 5.69. The first kappa shape index (κ1) is 15.4. The summed E-state index contributed by atoms with van der Waals surface area (Å²) in [5.41, 5.74) is 6.04. The van der Waals surface area contributed by atoms with Gasteiger partial charge in [0.2, 0.25) is 0 Å². The smallest absolute Gasteiger partial charge is 0.158 e. The molecule has 1 rings (SSSR count). The Balaban J connectivity index is 2.99. The monoisotopic (exact) mass is 264 g/mol. The van der Waals surface area contributed by atoms with Gasteiger partial charge in [0.15, 0.2) is 5.82 Å². The van der Waals surface area contributed by atoms with E-state index < -0.39 is 0 Å². The van der Waals surface area contributed by atoms with E-state index in [0.29, 0.717) is 17.4 Å². The molecule has 0 aliphatic heterocycles. The summed E-state index contributed by atoms with van der Waals surface area (Å²) in [4.78, 5) is 12.8. The van der Waals surface area contributed by atoms with E-state index in [4.69, 9.17) is 11.1 Å². The highest BCUT2D eigenvalue weighted by Gasteiger charge is 2.16. The first-order chi connectivity index (χ1) is 8.91. The van der Waals surface area contributed by atoms with Crippen LogP contribution >= 0.6 is 0 Å². The zero-order valence-electron chi connectivity index (χ0n) is 12.2. The van der Waals surface area contributed by atoms with E-state index in [1.807, 2.05) is 14.1 Å². The SMILES string of the molecule is CC(C)CN(CCN(C)C)c1nccnc1C(=N)N. The fourth-order valence-corrected chi connectivity index (χ4v) is 1.80. The lowest BCUT2D eigenvalue weighted by Gasteiger charge is -2.28. The minimum Gasteiger partial charge on any atom is -0.382 e. The van der Waals surface area contributed by atoms with E-state index in [1.54, 1.807) is 12.4 Å². The van der Waals surface area contributed by atoms with Gasteiger partial charge < -0.3 is 15.5 Å². The molecule has 19 heavy (non-hydrogen) atoms. The average molecular weight is 264 g/mol. The van der Waals surface area contributed by atoms with Crippen LogP contribution in [0.1, 0.15) is 19.5 Å². The topological polar surface area (TPSA) is 82.1 Å². The van der Waals surface area contributed by atoms with Crippen LogP contribution in [0.15, 0.2) is 12.4 Å². The van der Waals surface area contributed by atoms with E-state index in [2.05, 4.69) is 33.6 Å². The molecule has 0 saturated heterocycles. The molecule has 0 radical (unpaired) electrons. The molecule has 0 aliphatic carbocycles. The van der Waals surface area contributed by atoms with Crippen LogP contribution < -0.4 is 10.6 Å². The van der Waals surface area contributed by atoms with Crippen molar-refractivity contribution in [3.05, 3.63) is 18.1 Å². The van der Waals surface area contributed by atoms with Crippen molar-refractivity contribution in [2.45, 2.75) is 13.8 Å². The Hall–Kier alpha value is -1.69. The molecule has 1 heterocycles. The van der Waals surface area contributed by atoms with Gasteiger partial charge in [-0.15, -0.1) is 0 Å². The van der Waals surface area contributed by atoms with E-state index in [0.717, 1.165) is 19.6 Å². The van der Waals surface area contributed by atoms with Gasteiger partial charge in [-0.3, -0.25) is 5.41 Å². The van der Waals surface area contributed by atoms with Gasteiger partial charge in [0, 0.05) is 32.0 Å². The summed E-state index contributed by atoms with van der Waals surface area (Å²) in [5.74, 6) is 1.16. The molecule has 0 unspecified atom stereocenters. The maximum absolute atomic E-state index is 7.61. The largest absolute Gasteiger partial charge is 0.382 e. The van der Waals surface area contributed by atoms with Crippen LogP contribution in [-0.2, 0) is 0 Å². The predicted octanol–water partition coefficient (Wildman–Crippen LogP) is 0.785. The summed E-state index contributed by atoms with van der Waals surface area (Å²) in [6.07, 6.45) is 3.21. The van der Waals surface area contributed by atoms with Gasteiger partial charge in [-0.05, 0) is 20.0 Å². The third kappa shape index (κ3) is 4.82. The molecule has 3 N–H and O–H groups in total. The molecule has 0 amide bonds. The Bertz CT molecular complexity index is 415. The molecule has 6 heteroatoms. The van der Waals surface area contributed by atoms with Crippen molar-refractivity contribution in [1.82, 2.24) is 14.9 Å². The molecule has 0 saturated carbocycles. The summed E-state index contributed by atoms with van der Waals surface area (Å²) >= 11 is 0. The van der Waals surface area contributed by atoms with E-state index >= 15 is 0 Å². The number of rotatable bonds is 7. The van der Waals surface area contributed by atoms with Crippen molar-refractivity contribution in [3.8, 4) is 0 Å². The van der Waals surface area contributed by atoms with Gasteiger partial charge in [0.05, 0.1) is 0 Å². The maximum Gasteiger partial charge on any atom is 0.158 e. The second-order valence-electron chi connectivity index (χ2n) is 5.29. The molecule has 106 valence electrons. The van der Waals surface area contributed by atoms with E-state index in [1.165, 1.54) is 0 Å². The number of nitrogen functional groups attached to an aromatic ring is 1. The van der Waals surface area contributed by atoms with Gasteiger partial charge in [0.25, 0.3) is 0 Å². The molecule has 0 bridgehead atoms. The highest BCUT2D eigenvalue weighted by molar-refractivity contribution is 5.97. The van der Waals surface area contributed by atoms with Crippen molar-refractivity contribution in [3.63, 3.8) is 0 Å². The summed E-state index contributed by atoms with van der Waals surface area (Å²) < 4.78 is 0. The number of nitrogens with zero attached hydrogens (tertiary/aromatic N) is 4. The van der Waals surface area contributed by atoms with Crippen LogP contribution in [0.2, 0.25) is 0 Å². The highest BCUT2D eigenvalue weighted by Crippen LogP contribution is 2.16. The van der Waals surface area contributed by atoms with Gasteiger partial charge in [-0.25, -0.2) is 9.97 Å². The molecular formula is C13H24N6. The highest BCUT2D eigenvalue weighted by atomic mass is 15.2. The van der Waals surface area contributed by atoms with E-state index in [9.17, 15) is 0 Å². The van der Waals surface area contributed by atoms with Gasteiger partial charge in [-0.2, -0.15) is 0 Å². The zero-order chi connectivity index (χ0) is 14.4. The lowest BCUT2D eigenvalue weighted by molar-refractivity contribution is 0.408. The van der Waals surface area contributed by atoms with Crippen LogP contribution in [0.4, 0.5) is 5.82 Å². The number of nitrogens with two attached hydrogens (primary N) is 1. The fraction of sp³-hybridized carbons (Fsp3) is 0.615. The molecule has 0 aromatic carbocycles. The second kappa shape index (κ2) is 7.04. The quantitative estimate of drug-likeness (QED) is 0.562. The van der Waals surface area contributed by atoms with Crippen LogP contribution in [0, 0.1) is 11.3 Å². The second-order valence-corrected chi connectivity index (χ2v) is 5.29. The van der Waals surface area contributed by atoms with Crippen LogP contribution in [0.3, 0.4) is 0 Å². The minimum absolute atomic E-state index is 0.0401. The molecule has 0 fully saturated rings. The van der Waals surface area contributed by atoms with Crippen molar-refractivity contribution in [2.75, 3.05) is 38.6 Å². The molecule has 6 nitrogen and oxygen atoms in total. The van der Waals surface area contributed by atoms with Gasteiger partial charge >= 0.3 is 0 Å². The molecule has 0 aliphatic rings. The van der Waals surface area contributed by atoms with Crippen molar-refractivity contribution < 1.29 is 0 Å². The number of hydrogen-bond acceptors (Lipinski definition) is 5. The standard InChI is InChI=1S/C13H24N6/c1-10(2)9-19(8-7-18(3)4)13-11(12(14)15)16-5-6-17-13/h5-6,10H,7-9H2,1-4H3,(H3,14,15). The first-order valence-electron chi connectivity index (χ1n) is 6.47. The van der Waals surface area contributed by atoms with Crippen LogP contribution in [0.25, 0.3) is 0 Å². The third-order valence-electron chi connectivity index (χ3n) is 2.64. The van der Waals surface area contributed by atoms with Crippen LogP contribution in [0.5, 0.6) is 0 Å². The first-order valence-corrected chi connectivity index (χ1v) is 6.47. The van der Waals surface area contributed by atoms with E-state index in [-0.39, 0.29) is 5.84 Å². The van der Waals surface area contributed by atoms with Crippen molar-refractivity contribution >= 4 is 11.7 Å². The summed E-state index contributed by atoms with van der Waals surface area (Å²) in [7, 11) is 4.08. The number of hydrogen-bond donors (Lipinski definition) is 2. The lowest BCUT2D eigenvalue weighted by atomic mass is 10.2. The Morgan fingerprint density at radius 2 is 1.89 bits per heavy atom. The molecule has 0 spiro atoms. The van der Waals surface area contributed by atoms with Crippen molar-refractivity contribution in [1.29, 1.82) is 5.41 Å². The Morgan fingerprint density at radius 1 is 1.26 bits per heavy atom. The molecule has 1 aromatic rings. The van der Waals surface area contributed by atoms with Crippen LogP contribution in [-0.4, -0.2) is 54.4 Å². The number of anilines is 1. The number of aromatic nitrogens is 2. The normalized spacial score (nSPS) is 11.1. The lowest BCUT2D eigenvalue weighted by Crippen LogP contribution is -2.36. The maximum atomic E-state index is 7.61. The minimum atomic E-state index is -0.0401. The number of amidine groups is 1. The molecular weight excluding hydrogens is 240 g/mol.